The molecular weight excluding hydrogens is 330 g/mol. The average Bonchev–Trinajstić information content (AvgIpc) is 3.11. The zero-order chi connectivity index (χ0) is 17.1. The minimum atomic E-state index is 0.245. The van der Waals surface area contributed by atoms with Gasteiger partial charge in [0, 0.05) is 37.8 Å². The smallest absolute Gasteiger partial charge is 0.222 e. The van der Waals surface area contributed by atoms with Gasteiger partial charge < -0.3 is 4.90 Å². The number of fused-ring (bicyclic) bond motifs is 1. The normalized spacial score (nSPS) is 17.8. The zero-order valence-corrected chi connectivity index (χ0v) is 14.9. The van der Waals surface area contributed by atoms with E-state index >= 15 is 0 Å². The van der Waals surface area contributed by atoms with Crippen molar-refractivity contribution in [1.82, 2.24) is 14.9 Å². The molecule has 1 fully saturated rings. The van der Waals surface area contributed by atoms with Gasteiger partial charge in [0.15, 0.2) is 0 Å². The highest BCUT2D eigenvalue weighted by atomic mass is 32.1. The minimum Gasteiger partial charge on any atom is -0.342 e. The van der Waals surface area contributed by atoms with Gasteiger partial charge in [0.05, 0.1) is 15.2 Å². The van der Waals surface area contributed by atoms with Gasteiger partial charge in [-0.3, -0.25) is 9.78 Å². The Labute approximate surface area is 151 Å². The number of aromatic nitrogens is 2. The number of piperidine rings is 1. The highest BCUT2D eigenvalue weighted by Gasteiger charge is 2.26. The van der Waals surface area contributed by atoms with Crippen molar-refractivity contribution in [3.63, 3.8) is 0 Å². The molecule has 1 aliphatic rings. The Bertz CT molecular complexity index is 829. The second kappa shape index (κ2) is 7.31. The number of likely N-dealkylation sites (tertiary alicyclic amines) is 1. The average molecular weight is 351 g/mol. The van der Waals surface area contributed by atoms with Crippen LogP contribution in [0.3, 0.4) is 0 Å². The molecule has 3 aromatic rings. The first-order valence-corrected chi connectivity index (χ1v) is 9.63. The molecule has 128 valence electrons. The minimum absolute atomic E-state index is 0.245. The number of rotatable bonds is 4. The summed E-state index contributed by atoms with van der Waals surface area (Å²) in [5.41, 5.74) is 2.19. The van der Waals surface area contributed by atoms with Crippen molar-refractivity contribution in [2.75, 3.05) is 13.1 Å². The van der Waals surface area contributed by atoms with E-state index in [1.165, 1.54) is 9.71 Å². The molecule has 2 aromatic heterocycles. The van der Waals surface area contributed by atoms with Crippen LogP contribution < -0.4 is 0 Å². The van der Waals surface area contributed by atoms with Crippen molar-refractivity contribution in [1.29, 1.82) is 0 Å². The van der Waals surface area contributed by atoms with Crippen molar-refractivity contribution in [2.24, 2.45) is 0 Å². The van der Waals surface area contributed by atoms with Gasteiger partial charge in [-0.1, -0.05) is 18.2 Å². The number of benzene rings is 1. The van der Waals surface area contributed by atoms with Crippen LogP contribution >= 0.6 is 11.3 Å². The fourth-order valence-corrected chi connectivity index (χ4v) is 4.52. The Balaban J connectivity index is 1.41. The monoisotopic (exact) mass is 351 g/mol. The molecule has 0 unspecified atom stereocenters. The van der Waals surface area contributed by atoms with E-state index < -0.39 is 0 Å². The summed E-state index contributed by atoms with van der Waals surface area (Å²) in [6.07, 6.45) is 7.09. The molecule has 5 heteroatoms. The highest BCUT2D eigenvalue weighted by Crippen LogP contribution is 2.33. The molecule has 1 saturated heterocycles. The summed E-state index contributed by atoms with van der Waals surface area (Å²) in [6, 6.07) is 12.2. The summed E-state index contributed by atoms with van der Waals surface area (Å²) in [7, 11) is 0. The lowest BCUT2D eigenvalue weighted by Crippen LogP contribution is -2.39. The SMILES string of the molecule is O=C(CCc1cccnc1)N1CCC[C@@H](c2nc3ccccc3s2)C1. The fraction of sp³-hybridized carbons (Fsp3) is 0.350. The quantitative estimate of drug-likeness (QED) is 0.713. The van der Waals surface area contributed by atoms with Crippen LogP contribution in [0.15, 0.2) is 48.8 Å². The summed E-state index contributed by atoms with van der Waals surface area (Å²) >= 11 is 1.77. The Morgan fingerprint density at radius 2 is 2.16 bits per heavy atom. The number of amides is 1. The molecule has 25 heavy (non-hydrogen) atoms. The second-order valence-electron chi connectivity index (χ2n) is 6.56. The van der Waals surface area contributed by atoms with E-state index in [0.29, 0.717) is 12.3 Å². The van der Waals surface area contributed by atoms with Crippen LogP contribution in [0.2, 0.25) is 0 Å². The Hall–Kier alpha value is -2.27. The number of hydrogen-bond donors (Lipinski definition) is 0. The lowest BCUT2D eigenvalue weighted by Gasteiger charge is -2.32. The predicted molar refractivity (Wildman–Crippen MR) is 101 cm³/mol. The second-order valence-corrected chi connectivity index (χ2v) is 7.62. The van der Waals surface area contributed by atoms with E-state index in [2.05, 4.69) is 23.2 Å². The van der Waals surface area contributed by atoms with Crippen LogP contribution in [-0.2, 0) is 11.2 Å². The summed E-state index contributed by atoms with van der Waals surface area (Å²) in [5, 5.41) is 1.17. The summed E-state index contributed by atoms with van der Waals surface area (Å²) < 4.78 is 1.23. The van der Waals surface area contributed by atoms with Crippen LogP contribution in [0.1, 0.15) is 35.8 Å². The summed E-state index contributed by atoms with van der Waals surface area (Å²) in [6.45, 7) is 1.67. The van der Waals surface area contributed by atoms with Gasteiger partial charge in [-0.05, 0) is 43.0 Å². The molecule has 1 atom stereocenters. The molecule has 0 saturated carbocycles. The number of nitrogens with zero attached hydrogens (tertiary/aromatic N) is 3. The number of aryl methyl sites for hydroxylation is 1. The van der Waals surface area contributed by atoms with E-state index in [1.807, 2.05) is 29.3 Å². The Morgan fingerprint density at radius 1 is 1.24 bits per heavy atom. The third-order valence-electron chi connectivity index (χ3n) is 4.78. The van der Waals surface area contributed by atoms with E-state index in [4.69, 9.17) is 4.98 Å². The van der Waals surface area contributed by atoms with Crippen molar-refractivity contribution >= 4 is 27.5 Å². The van der Waals surface area contributed by atoms with Gasteiger partial charge in [-0.25, -0.2) is 4.98 Å². The molecule has 3 heterocycles. The number of carbonyl (C=O) groups is 1. The van der Waals surface area contributed by atoms with Gasteiger partial charge in [0.1, 0.15) is 0 Å². The maximum absolute atomic E-state index is 12.6. The van der Waals surface area contributed by atoms with Crippen LogP contribution in [0.4, 0.5) is 0 Å². The topological polar surface area (TPSA) is 46.1 Å². The van der Waals surface area contributed by atoms with Crippen LogP contribution in [0.5, 0.6) is 0 Å². The first kappa shape index (κ1) is 16.2. The maximum Gasteiger partial charge on any atom is 0.222 e. The van der Waals surface area contributed by atoms with E-state index in [0.717, 1.165) is 43.4 Å². The first-order valence-electron chi connectivity index (χ1n) is 8.82. The molecule has 0 spiro atoms. The molecule has 4 nitrogen and oxygen atoms in total. The molecule has 0 aliphatic carbocycles. The number of carbonyl (C=O) groups excluding carboxylic acids is 1. The largest absolute Gasteiger partial charge is 0.342 e. The number of thiazole rings is 1. The van der Waals surface area contributed by atoms with Gasteiger partial charge in [0.2, 0.25) is 5.91 Å². The van der Waals surface area contributed by atoms with Gasteiger partial charge >= 0.3 is 0 Å². The van der Waals surface area contributed by atoms with Crippen molar-refractivity contribution in [3.8, 4) is 0 Å². The van der Waals surface area contributed by atoms with Crippen molar-refractivity contribution in [3.05, 3.63) is 59.4 Å². The Morgan fingerprint density at radius 3 is 3.00 bits per heavy atom. The molecule has 0 N–H and O–H groups in total. The van der Waals surface area contributed by atoms with E-state index in [-0.39, 0.29) is 5.91 Å². The van der Waals surface area contributed by atoms with Gasteiger partial charge in [-0.15, -0.1) is 11.3 Å². The van der Waals surface area contributed by atoms with Gasteiger partial charge in [-0.2, -0.15) is 0 Å². The molecule has 1 aromatic carbocycles. The Kier molecular flexibility index (Phi) is 4.74. The third-order valence-corrected chi connectivity index (χ3v) is 5.98. The molecule has 0 radical (unpaired) electrons. The fourth-order valence-electron chi connectivity index (χ4n) is 3.43. The van der Waals surface area contributed by atoms with E-state index in [1.54, 1.807) is 17.5 Å². The van der Waals surface area contributed by atoms with Crippen molar-refractivity contribution < 1.29 is 4.79 Å². The number of pyridine rings is 1. The molecule has 1 amide bonds. The van der Waals surface area contributed by atoms with Crippen LogP contribution in [0, 0.1) is 0 Å². The predicted octanol–water partition coefficient (Wildman–Crippen LogP) is 4.03. The van der Waals surface area contributed by atoms with E-state index in [9.17, 15) is 4.79 Å². The lowest BCUT2D eigenvalue weighted by molar-refractivity contribution is -0.132. The lowest BCUT2D eigenvalue weighted by atomic mass is 9.98. The zero-order valence-electron chi connectivity index (χ0n) is 14.1. The number of para-hydroxylation sites is 1. The first-order chi connectivity index (χ1) is 12.3. The standard InChI is InChI=1S/C20H21N3OS/c24-19(10-9-15-5-3-11-21-13-15)23-12-4-6-16(14-23)20-22-17-7-1-2-8-18(17)25-20/h1-3,5,7-8,11,13,16H,4,6,9-10,12,14H2/t16-/m1/s1. The number of hydrogen-bond acceptors (Lipinski definition) is 4. The maximum atomic E-state index is 12.6. The summed E-state index contributed by atoms with van der Waals surface area (Å²) in [4.78, 5) is 23.5. The molecular formula is C20H21N3OS. The summed E-state index contributed by atoms with van der Waals surface area (Å²) in [5.74, 6) is 0.614. The van der Waals surface area contributed by atoms with Crippen LogP contribution in [0.25, 0.3) is 10.2 Å². The molecule has 4 rings (SSSR count). The molecule has 0 bridgehead atoms. The highest BCUT2D eigenvalue weighted by molar-refractivity contribution is 7.18. The van der Waals surface area contributed by atoms with Crippen molar-refractivity contribution in [2.45, 2.75) is 31.6 Å². The molecule has 1 aliphatic heterocycles. The van der Waals surface area contributed by atoms with Gasteiger partial charge in [0.25, 0.3) is 0 Å². The third kappa shape index (κ3) is 3.71. The van der Waals surface area contributed by atoms with Crippen LogP contribution in [-0.4, -0.2) is 33.9 Å².